The highest BCUT2D eigenvalue weighted by Gasteiger charge is 2.10. The number of nitrogens with two attached hydrogens (primary N) is 1. The van der Waals surface area contributed by atoms with Gasteiger partial charge in [0.25, 0.3) is 0 Å². The number of furan rings is 1. The van der Waals surface area contributed by atoms with E-state index in [2.05, 4.69) is 9.97 Å². The molecule has 1 amide bonds. The quantitative estimate of drug-likeness (QED) is 0.284. The van der Waals surface area contributed by atoms with Gasteiger partial charge >= 0.3 is 5.91 Å². The van der Waals surface area contributed by atoms with E-state index in [9.17, 15) is 4.79 Å². The zero-order valence-corrected chi connectivity index (χ0v) is 10.5. The number of nitrogens with one attached hydrogen (secondary N) is 1. The highest BCUT2D eigenvalue weighted by atomic mass is 32.2. The van der Waals surface area contributed by atoms with E-state index in [0.29, 0.717) is 16.7 Å². The van der Waals surface area contributed by atoms with Gasteiger partial charge in [-0.15, -0.1) is 0 Å². The van der Waals surface area contributed by atoms with Crippen molar-refractivity contribution in [2.24, 2.45) is 5.84 Å². The van der Waals surface area contributed by atoms with Crippen LogP contribution in [0.1, 0.15) is 22.0 Å². The van der Waals surface area contributed by atoms with Crippen LogP contribution in [0, 0.1) is 6.92 Å². The summed E-state index contributed by atoms with van der Waals surface area (Å²) in [7, 11) is 0. The summed E-state index contributed by atoms with van der Waals surface area (Å²) in [5, 5.41) is 0.677. The minimum absolute atomic E-state index is 0.193. The van der Waals surface area contributed by atoms with Crippen molar-refractivity contribution in [3.8, 4) is 0 Å². The molecule has 0 saturated heterocycles. The van der Waals surface area contributed by atoms with Crippen molar-refractivity contribution in [1.82, 2.24) is 15.4 Å². The number of nitrogen functional groups attached to an aromatic ring is 1. The smallest absolute Gasteiger partial charge is 0.300 e. The van der Waals surface area contributed by atoms with Crippen LogP contribution in [0.4, 0.5) is 0 Å². The SMILES string of the molecule is Cc1ccnc(SCc2ccc(C(=O)NN)o2)n1. The maximum atomic E-state index is 11.2. The van der Waals surface area contributed by atoms with E-state index in [1.807, 2.05) is 18.4 Å². The third-order valence-electron chi connectivity index (χ3n) is 2.13. The van der Waals surface area contributed by atoms with E-state index in [4.69, 9.17) is 10.3 Å². The van der Waals surface area contributed by atoms with Crippen LogP contribution in [0.15, 0.2) is 34.0 Å². The second kappa shape index (κ2) is 5.65. The molecule has 0 aliphatic carbocycles. The normalized spacial score (nSPS) is 10.3. The summed E-state index contributed by atoms with van der Waals surface area (Å²) in [5.74, 6) is 5.98. The lowest BCUT2D eigenvalue weighted by Gasteiger charge is -1.98. The second-order valence-corrected chi connectivity index (χ2v) is 4.45. The van der Waals surface area contributed by atoms with Crippen molar-refractivity contribution in [3.63, 3.8) is 0 Å². The molecule has 2 heterocycles. The van der Waals surface area contributed by atoms with Crippen LogP contribution < -0.4 is 11.3 Å². The minimum atomic E-state index is -0.446. The zero-order chi connectivity index (χ0) is 13.0. The Hall–Kier alpha value is -1.86. The number of thioether (sulfide) groups is 1. The number of hydrogen-bond acceptors (Lipinski definition) is 6. The number of hydrazine groups is 1. The van der Waals surface area contributed by atoms with Gasteiger partial charge in [0.1, 0.15) is 5.76 Å². The first-order valence-corrected chi connectivity index (χ1v) is 6.19. The van der Waals surface area contributed by atoms with Crippen LogP contribution >= 0.6 is 11.8 Å². The molecule has 18 heavy (non-hydrogen) atoms. The molecule has 6 nitrogen and oxygen atoms in total. The first-order valence-electron chi connectivity index (χ1n) is 5.21. The Morgan fingerprint density at radius 2 is 2.33 bits per heavy atom. The molecular weight excluding hydrogens is 252 g/mol. The molecule has 0 fully saturated rings. The average Bonchev–Trinajstić information content (AvgIpc) is 2.84. The summed E-state index contributed by atoms with van der Waals surface area (Å²) in [6.45, 7) is 1.91. The van der Waals surface area contributed by atoms with Gasteiger partial charge in [-0.3, -0.25) is 10.2 Å². The van der Waals surface area contributed by atoms with Crippen molar-refractivity contribution in [2.75, 3.05) is 0 Å². The molecule has 7 heteroatoms. The van der Waals surface area contributed by atoms with Gasteiger partial charge in [-0.2, -0.15) is 0 Å². The van der Waals surface area contributed by atoms with Crippen LogP contribution in [-0.2, 0) is 5.75 Å². The Morgan fingerprint density at radius 1 is 1.50 bits per heavy atom. The highest BCUT2D eigenvalue weighted by Crippen LogP contribution is 2.20. The van der Waals surface area contributed by atoms with Gasteiger partial charge in [0.2, 0.25) is 0 Å². The summed E-state index contributed by atoms with van der Waals surface area (Å²) in [6.07, 6.45) is 1.71. The van der Waals surface area contributed by atoms with Crippen LogP contribution in [0.2, 0.25) is 0 Å². The number of nitrogens with zero attached hydrogens (tertiary/aromatic N) is 2. The van der Waals surface area contributed by atoms with Crippen LogP contribution in [0.25, 0.3) is 0 Å². The van der Waals surface area contributed by atoms with Gasteiger partial charge < -0.3 is 4.42 Å². The number of amides is 1. The molecule has 0 aliphatic heterocycles. The van der Waals surface area contributed by atoms with Crippen LogP contribution in [0.3, 0.4) is 0 Å². The van der Waals surface area contributed by atoms with Crippen LogP contribution in [0.5, 0.6) is 0 Å². The van der Waals surface area contributed by atoms with E-state index in [-0.39, 0.29) is 5.76 Å². The molecule has 3 N–H and O–H groups in total. The third-order valence-corrected chi connectivity index (χ3v) is 3.02. The number of rotatable bonds is 4. The first-order chi connectivity index (χ1) is 8.69. The molecule has 0 spiro atoms. The molecule has 2 aromatic heterocycles. The van der Waals surface area contributed by atoms with E-state index in [1.54, 1.807) is 18.3 Å². The third kappa shape index (κ3) is 3.08. The fourth-order valence-electron chi connectivity index (χ4n) is 1.28. The van der Waals surface area contributed by atoms with Crippen molar-refractivity contribution >= 4 is 17.7 Å². The summed E-state index contributed by atoms with van der Waals surface area (Å²) < 4.78 is 5.32. The molecule has 2 aromatic rings. The number of aromatic nitrogens is 2. The predicted molar refractivity (Wildman–Crippen MR) is 66.7 cm³/mol. The van der Waals surface area contributed by atoms with Gasteiger partial charge in [-0.05, 0) is 25.1 Å². The number of hydrogen-bond donors (Lipinski definition) is 2. The number of aryl methyl sites for hydroxylation is 1. The highest BCUT2D eigenvalue weighted by molar-refractivity contribution is 7.98. The van der Waals surface area contributed by atoms with Gasteiger partial charge in [0.15, 0.2) is 10.9 Å². The molecule has 2 rings (SSSR count). The van der Waals surface area contributed by atoms with E-state index in [0.717, 1.165) is 5.69 Å². The van der Waals surface area contributed by atoms with Gasteiger partial charge in [0, 0.05) is 11.9 Å². The molecule has 0 aliphatic rings. The standard InChI is InChI=1S/C11H12N4O2S/c1-7-4-5-13-11(14-7)18-6-8-2-3-9(17-8)10(16)15-12/h2-5H,6,12H2,1H3,(H,15,16). The molecule has 0 unspecified atom stereocenters. The van der Waals surface area contributed by atoms with E-state index in [1.165, 1.54) is 11.8 Å². The predicted octanol–water partition coefficient (Wildman–Crippen LogP) is 1.27. The largest absolute Gasteiger partial charge is 0.455 e. The fraction of sp³-hybridized carbons (Fsp3) is 0.182. The Bertz CT molecular complexity index is 555. The Morgan fingerprint density at radius 3 is 3.06 bits per heavy atom. The number of carbonyl (C=O) groups excluding carboxylic acids is 1. The molecule has 0 radical (unpaired) electrons. The van der Waals surface area contributed by atoms with Gasteiger partial charge in [-0.25, -0.2) is 15.8 Å². The lowest BCUT2D eigenvalue weighted by atomic mass is 10.4. The second-order valence-electron chi connectivity index (χ2n) is 3.51. The topological polar surface area (TPSA) is 94.0 Å². The fourth-order valence-corrected chi connectivity index (χ4v) is 2.05. The summed E-state index contributed by atoms with van der Waals surface area (Å²) >= 11 is 1.44. The maximum absolute atomic E-state index is 11.2. The lowest BCUT2D eigenvalue weighted by molar-refractivity contribution is 0.0924. The minimum Gasteiger partial charge on any atom is -0.455 e. The molecule has 94 valence electrons. The zero-order valence-electron chi connectivity index (χ0n) is 9.71. The summed E-state index contributed by atoms with van der Waals surface area (Å²) in [6, 6.07) is 5.14. The van der Waals surface area contributed by atoms with Crippen molar-refractivity contribution in [1.29, 1.82) is 0 Å². The Labute approximate surface area is 108 Å². The summed E-state index contributed by atoms with van der Waals surface area (Å²) in [4.78, 5) is 19.6. The van der Waals surface area contributed by atoms with Gasteiger partial charge in [0.05, 0.1) is 5.75 Å². The van der Waals surface area contributed by atoms with Crippen molar-refractivity contribution in [2.45, 2.75) is 17.8 Å². The first kappa shape index (κ1) is 12.6. The van der Waals surface area contributed by atoms with Crippen molar-refractivity contribution < 1.29 is 9.21 Å². The molecule has 0 aromatic carbocycles. The van der Waals surface area contributed by atoms with Crippen molar-refractivity contribution in [3.05, 3.63) is 41.6 Å². The Kier molecular flexibility index (Phi) is 3.96. The number of carbonyl (C=O) groups is 1. The summed E-state index contributed by atoms with van der Waals surface area (Å²) in [5.41, 5.74) is 2.92. The average molecular weight is 264 g/mol. The van der Waals surface area contributed by atoms with Crippen LogP contribution in [-0.4, -0.2) is 15.9 Å². The monoisotopic (exact) mass is 264 g/mol. The van der Waals surface area contributed by atoms with E-state index >= 15 is 0 Å². The van der Waals surface area contributed by atoms with E-state index < -0.39 is 5.91 Å². The molecule has 0 saturated carbocycles. The Balaban J connectivity index is 1.98. The molecule has 0 atom stereocenters. The lowest BCUT2D eigenvalue weighted by Crippen LogP contribution is -2.29. The van der Waals surface area contributed by atoms with Gasteiger partial charge in [-0.1, -0.05) is 11.8 Å². The molecule has 0 bridgehead atoms. The maximum Gasteiger partial charge on any atom is 0.300 e. The molecular formula is C11H12N4O2S.